The maximum atomic E-state index is 12.8. The first-order valence-corrected chi connectivity index (χ1v) is 10.0. The number of carbonyl (C=O) groups excluding carboxylic acids is 1. The van der Waals surface area contributed by atoms with Gasteiger partial charge < -0.3 is 19.5 Å². The summed E-state index contributed by atoms with van der Waals surface area (Å²) in [7, 11) is 3.67. The zero-order valence-electron chi connectivity index (χ0n) is 16.7. The minimum Gasteiger partial charge on any atom is -0.383 e. The molecule has 3 heterocycles. The minimum absolute atomic E-state index is 0.140. The lowest BCUT2D eigenvalue weighted by Crippen LogP contribution is -2.22. The minimum atomic E-state index is -0.140. The number of rotatable bonds is 8. The zero-order chi connectivity index (χ0) is 20.1. The molecule has 0 aliphatic carbocycles. The third-order valence-corrected chi connectivity index (χ3v) is 5.63. The molecule has 0 unspecified atom stereocenters. The number of nitrogens with one attached hydrogen (secondary N) is 1. The molecule has 0 radical (unpaired) electrons. The Bertz CT molecular complexity index is 917. The van der Waals surface area contributed by atoms with Crippen molar-refractivity contribution in [1.29, 1.82) is 0 Å². The highest BCUT2D eigenvalue weighted by molar-refractivity contribution is 7.09. The van der Waals surface area contributed by atoms with E-state index < -0.39 is 0 Å². The number of pyridine rings is 1. The molecule has 0 fully saturated rings. The largest absolute Gasteiger partial charge is 0.383 e. The Morgan fingerprint density at radius 3 is 2.79 bits per heavy atom. The maximum absolute atomic E-state index is 12.8. The summed E-state index contributed by atoms with van der Waals surface area (Å²) in [6.45, 7) is 6.22. The van der Waals surface area contributed by atoms with Crippen LogP contribution in [-0.4, -0.2) is 42.8 Å². The van der Waals surface area contributed by atoms with Gasteiger partial charge in [0.2, 0.25) is 0 Å². The van der Waals surface area contributed by atoms with Crippen molar-refractivity contribution in [3.05, 3.63) is 63.7 Å². The van der Waals surface area contributed by atoms with Crippen molar-refractivity contribution in [2.45, 2.75) is 20.4 Å². The van der Waals surface area contributed by atoms with Gasteiger partial charge in [-0.2, -0.15) is 0 Å². The fourth-order valence-electron chi connectivity index (χ4n) is 3.06. The van der Waals surface area contributed by atoms with Crippen molar-refractivity contribution in [1.82, 2.24) is 9.55 Å². The van der Waals surface area contributed by atoms with Crippen LogP contribution in [0.3, 0.4) is 0 Å². The number of anilines is 2. The number of hydrogen-bond donors (Lipinski definition) is 1. The van der Waals surface area contributed by atoms with Crippen LogP contribution in [0.2, 0.25) is 0 Å². The molecular weight excluding hydrogens is 372 g/mol. The molecule has 28 heavy (non-hydrogen) atoms. The van der Waals surface area contributed by atoms with Crippen LogP contribution in [0.25, 0.3) is 0 Å². The SMILES string of the molecule is COCCN(C)c1ccc(NC(=O)c2cc(C)n(Cc3cccs3)c2C)nc1. The molecule has 6 nitrogen and oxygen atoms in total. The molecule has 3 aromatic heterocycles. The van der Waals surface area contributed by atoms with Crippen molar-refractivity contribution >= 4 is 28.7 Å². The van der Waals surface area contributed by atoms with Crippen molar-refractivity contribution in [2.75, 3.05) is 37.5 Å². The van der Waals surface area contributed by atoms with Crippen LogP contribution >= 0.6 is 11.3 Å². The smallest absolute Gasteiger partial charge is 0.258 e. The number of likely N-dealkylation sites (N-methyl/N-ethyl adjacent to an activating group) is 1. The lowest BCUT2D eigenvalue weighted by atomic mass is 10.2. The van der Waals surface area contributed by atoms with E-state index in [1.807, 2.05) is 45.2 Å². The van der Waals surface area contributed by atoms with E-state index in [1.54, 1.807) is 24.6 Å². The normalized spacial score (nSPS) is 10.9. The number of aryl methyl sites for hydroxylation is 1. The van der Waals surface area contributed by atoms with E-state index in [1.165, 1.54) is 4.88 Å². The molecule has 148 valence electrons. The van der Waals surface area contributed by atoms with Gasteiger partial charge in [0.05, 0.1) is 30.6 Å². The van der Waals surface area contributed by atoms with Crippen molar-refractivity contribution in [2.24, 2.45) is 0 Å². The molecule has 0 aromatic carbocycles. The topological polar surface area (TPSA) is 59.4 Å². The van der Waals surface area contributed by atoms with Crippen LogP contribution in [0.15, 0.2) is 41.9 Å². The second kappa shape index (κ2) is 9.03. The Balaban J connectivity index is 1.69. The summed E-state index contributed by atoms with van der Waals surface area (Å²) in [6.07, 6.45) is 1.76. The summed E-state index contributed by atoms with van der Waals surface area (Å²) in [5.74, 6) is 0.399. The van der Waals surface area contributed by atoms with E-state index in [0.717, 1.165) is 30.2 Å². The zero-order valence-corrected chi connectivity index (χ0v) is 17.5. The first-order valence-electron chi connectivity index (χ1n) is 9.16. The fourth-order valence-corrected chi connectivity index (χ4v) is 3.75. The maximum Gasteiger partial charge on any atom is 0.258 e. The highest BCUT2D eigenvalue weighted by Gasteiger charge is 2.16. The van der Waals surface area contributed by atoms with E-state index >= 15 is 0 Å². The lowest BCUT2D eigenvalue weighted by molar-refractivity contribution is 0.102. The van der Waals surface area contributed by atoms with Gasteiger partial charge in [-0.25, -0.2) is 4.98 Å². The molecule has 3 aromatic rings. The number of hydrogen-bond acceptors (Lipinski definition) is 5. The van der Waals surface area contributed by atoms with Crippen molar-refractivity contribution in [3.63, 3.8) is 0 Å². The lowest BCUT2D eigenvalue weighted by Gasteiger charge is -2.18. The molecule has 1 N–H and O–H groups in total. The molecule has 0 aliphatic rings. The Labute approximate surface area is 169 Å². The van der Waals surface area contributed by atoms with Crippen LogP contribution in [0.4, 0.5) is 11.5 Å². The molecule has 0 bridgehead atoms. The Morgan fingerprint density at radius 1 is 1.32 bits per heavy atom. The summed E-state index contributed by atoms with van der Waals surface area (Å²) < 4.78 is 7.26. The van der Waals surface area contributed by atoms with Crippen LogP contribution in [0.1, 0.15) is 26.6 Å². The quantitative estimate of drug-likeness (QED) is 0.624. The number of thiophene rings is 1. The van der Waals surface area contributed by atoms with Gasteiger partial charge in [-0.1, -0.05) is 6.07 Å². The Morgan fingerprint density at radius 2 is 2.14 bits per heavy atom. The number of carbonyl (C=O) groups is 1. The number of ether oxygens (including phenoxy) is 1. The highest BCUT2D eigenvalue weighted by atomic mass is 32.1. The second-order valence-electron chi connectivity index (χ2n) is 6.72. The predicted octanol–water partition coefficient (Wildman–Crippen LogP) is 3.94. The van der Waals surface area contributed by atoms with Gasteiger partial charge in [0.1, 0.15) is 5.82 Å². The first kappa shape index (κ1) is 20.1. The van der Waals surface area contributed by atoms with Gasteiger partial charge in [0.25, 0.3) is 5.91 Å². The van der Waals surface area contributed by atoms with Crippen LogP contribution in [0, 0.1) is 13.8 Å². The summed E-state index contributed by atoms with van der Waals surface area (Å²) in [5, 5.41) is 4.97. The van der Waals surface area contributed by atoms with E-state index in [-0.39, 0.29) is 5.91 Å². The van der Waals surface area contributed by atoms with Crippen LogP contribution in [-0.2, 0) is 11.3 Å². The summed E-state index contributed by atoms with van der Waals surface area (Å²) in [6, 6.07) is 9.85. The van der Waals surface area contributed by atoms with E-state index in [4.69, 9.17) is 4.74 Å². The molecule has 3 rings (SSSR count). The monoisotopic (exact) mass is 398 g/mol. The Hall–Kier alpha value is -2.64. The number of amides is 1. The number of nitrogens with zero attached hydrogens (tertiary/aromatic N) is 3. The second-order valence-corrected chi connectivity index (χ2v) is 7.75. The van der Waals surface area contributed by atoms with Gasteiger partial charge in [-0.3, -0.25) is 4.79 Å². The fraction of sp³-hybridized carbons (Fsp3) is 0.333. The van der Waals surface area contributed by atoms with E-state index in [0.29, 0.717) is 18.0 Å². The predicted molar refractivity (Wildman–Crippen MR) is 115 cm³/mol. The molecule has 0 aliphatic heterocycles. The number of aromatic nitrogens is 2. The average molecular weight is 399 g/mol. The van der Waals surface area contributed by atoms with Gasteiger partial charge in [-0.15, -0.1) is 11.3 Å². The molecule has 0 spiro atoms. The van der Waals surface area contributed by atoms with Crippen molar-refractivity contribution < 1.29 is 9.53 Å². The molecular formula is C21H26N4O2S. The molecule has 0 saturated carbocycles. The molecule has 7 heteroatoms. The van der Waals surface area contributed by atoms with Crippen molar-refractivity contribution in [3.8, 4) is 0 Å². The van der Waals surface area contributed by atoms with Gasteiger partial charge in [0.15, 0.2) is 0 Å². The van der Waals surface area contributed by atoms with Gasteiger partial charge >= 0.3 is 0 Å². The van der Waals surface area contributed by atoms with Gasteiger partial charge in [0, 0.05) is 37.0 Å². The third kappa shape index (κ3) is 4.61. The van der Waals surface area contributed by atoms with Gasteiger partial charge in [-0.05, 0) is 43.5 Å². The van der Waals surface area contributed by atoms with E-state index in [9.17, 15) is 4.79 Å². The molecule has 0 saturated heterocycles. The summed E-state index contributed by atoms with van der Waals surface area (Å²) in [5.41, 5.74) is 3.68. The van der Waals surface area contributed by atoms with Crippen LogP contribution in [0.5, 0.6) is 0 Å². The highest BCUT2D eigenvalue weighted by Crippen LogP contribution is 2.21. The molecule has 1 amide bonds. The molecule has 0 atom stereocenters. The standard InChI is InChI=1S/C21H26N4O2S/c1-15-12-19(16(2)25(15)14-18-6-5-11-28-18)21(26)23-20-8-7-17(13-22-20)24(3)9-10-27-4/h5-8,11-13H,9-10,14H2,1-4H3,(H,22,23,26). The summed E-state index contributed by atoms with van der Waals surface area (Å²) in [4.78, 5) is 20.5. The summed E-state index contributed by atoms with van der Waals surface area (Å²) >= 11 is 1.72. The van der Waals surface area contributed by atoms with E-state index in [2.05, 4.69) is 31.2 Å². The third-order valence-electron chi connectivity index (χ3n) is 4.77. The Kier molecular flexibility index (Phi) is 6.49. The number of methoxy groups -OCH3 is 1. The average Bonchev–Trinajstić information content (AvgIpc) is 3.30. The van der Waals surface area contributed by atoms with Crippen LogP contribution < -0.4 is 10.2 Å². The first-order chi connectivity index (χ1) is 13.5.